The Labute approximate surface area is 213 Å². The molecule has 4 nitrogen and oxygen atoms in total. The van der Waals surface area contributed by atoms with E-state index in [0.717, 1.165) is 52.7 Å². The molecule has 4 aromatic carbocycles. The summed E-state index contributed by atoms with van der Waals surface area (Å²) in [6.07, 6.45) is 8.23. The normalized spacial score (nSPS) is 15.7. The first-order chi connectivity index (χ1) is 17.7. The molecular weight excluding hydrogens is 446 g/mol. The molecule has 0 radical (unpaired) electrons. The number of ether oxygens (including phenoxy) is 1. The molecule has 5 rings (SSSR count). The van der Waals surface area contributed by atoms with E-state index in [1.807, 2.05) is 24.3 Å². The molecule has 0 amide bonds. The van der Waals surface area contributed by atoms with Crippen LogP contribution in [-0.4, -0.2) is 29.4 Å². The van der Waals surface area contributed by atoms with Crippen LogP contribution in [-0.2, 0) is 6.42 Å². The Balaban J connectivity index is 1.27. The second-order valence-corrected chi connectivity index (χ2v) is 9.82. The quantitative estimate of drug-likeness (QED) is 0.221. The van der Waals surface area contributed by atoms with E-state index >= 15 is 0 Å². The summed E-state index contributed by atoms with van der Waals surface area (Å²) in [6, 6.07) is 26.1. The second-order valence-electron chi connectivity index (χ2n) is 9.82. The number of rotatable bonds is 9. The molecule has 0 aliphatic carbocycles. The predicted molar refractivity (Wildman–Crippen MR) is 147 cm³/mol. The van der Waals surface area contributed by atoms with Crippen LogP contribution in [0.15, 0.2) is 78.9 Å². The number of hydrogen-bond acceptors (Lipinski definition) is 4. The summed E-state index contributed by atoms with van der Waals surface area (Å²) in [5.41, 5.74) is 4.47. The lowest BCUT2D eigenvalue weighted by molar-refractivity contribution is 0.295. The molecule has 1 atom stereocenters. The zero-order valence-electron chi connectivity index (χ0n) is 20.7. The van der Waals surface area contributed by atoms with Gasteiger partial charge in [0.2, 0.25) is 0 Å². The molecule has 0 aromatic heterocycles. The number of unbranched alkanes of at least 4 members (excludes halogenated alkanes) is 1. The summed E-state index contributed by atoms with van der Waals surface area (Å²) < 4.78 is 6.01. The molecule has 186 valence electrons. The predicted octanol–water partition coefficient (Wildman–Crippen LogP) is 7.20. The third-order valence-corrected chi connectivity index (χ3v) is 7.26. The van der Waals surface area contributed by atoms with Crippen LogP contribution in [0.1, 0.15) is 49.7 Å². The third kappa shape index (κ3) is 5.83. The van der Waals surface area contributed by atoms with Crippen LogP contribution in [0.25, 0.3) is 21.9 Å². The highest BCUT2D eigenvalue weighted by molar-refractivity contribution is 5.95. The number of fused-ring (bicyclic) bond motifs is 1. The Bertz CT molecular complexity index is 1280. The third-order valence-electron chi connectivity index (χ3n) is 7.26. The molecule has 4 aromatic rings. The first kappa shape index (κ1) is 24.2. The summed E-state index contributed by atoms with van der Waals surface area (Å²) >= 11 is 0. The van der Waals surface area contributed by atoms with E-state index < -0.39 is 0 Å². The Hall–Kier alpha value is -3.50. The van der Waals surface area contributed by atoms with Crippen molar-refractivity contribution in [1.82, 2.24) is 5.32 Å². The van der Waals surface area contributed by atoms with E-state index in [-0.39, 0.29) is 11.5 Å². The van der Waals surface area contributed by atoms with E-state index in [4.69, 9.17) is 4.74 Å². The van der Waals surface area contributed by atoms with Gasteiger partial charge in [0.05, 0.1) is 6.61 Å². The van der Waals surface area contributed by atoms with Crippen molar-refractivity contribution in [2.45, 2.75) is 51.0 Å². The van der Waals surface area contributed by atoms with Gasteiger partial charge in [0.15, 0.2) is 0 Å². The Morgan fingerprint density at radius 1 is 0.806 bits per heavy atom. The Morgan fingerprint density at radius 2 is 1.64 bits per heavy atom. The number of phenols is 2. The molecule has 1 aliphatic rings. The average molecular weight is 482 g/mol. The molecule has 1 aliphatic heterocycles. The van der Waals surface area contributed by atoms with Gasteiger partial charge >= 0.3 is 0 Å². The molecule has 4 heteroatoms. The lowest BCUT2D eigenvalue weighted by atomic mass is 9.90. The molecule has 0 saturated carbocycles. The average Bonchev–Trinajstić information content (AvgIpc) is 2.91. The van der Waals surface area contributed by atoms with Crippen LogP contribution in [0.5, 0.6) is 17.2 Å². The highest BCUT2D eigenvalue weighted by atomic mass is 16.5. The van der Waals surface area contributed by atoms with Crippen molar-refractivity contribution in [3.05, 3.63) is 90.0 Å². The summed E-state index contributed by atoms with van der Waals surface area (Å²) in [6.45, 7) is 1.92. The van der Waals surface area contributed by atoms with E-state index in [1.165, 1.54) is 44.2 Å². The number of benzene rings is 4. The smallest absolute Gasteiger partial charge is 0.123 e. The van der Waals surface area contributed by atoms with Crippen molar-refractivity contribution in [3.8, 4) is 28.4 Å². The maximum atomic E-state index is 10.4. The van der Waals surface area contributed by atoms with E-state index in [0.29, 0.717) is 6.04 Å². The summed E-state index contributed by atoms with van der Waals surface area (Å²) in [5, 5.41) is 25.7. The molecule has 1 heterocycles. The number of phenolic OH excluding ortho intramolecular Hbond substituents is 2. The van der Waals surface area contributed by atoms with Crippen molar-refractivity contribution in [3.63, 3.8) is 0 Å². The van der Waals surface area contributed by atoms with E-state index in [2.05, 4.69) is 41.7 Å². The van der Waals surface area contributed by atoms with Gasteiger partial charge in [-0.15, -0.1) is 0 Å². The lowest BCUT2D eigenvalue weighted by Gasteiger charge is -2.23. The van der Waals surface area contributed by atoms with Gasteiger partial charge in [0.1, 0.15) is 17.2 Å². The summed E-state index contributed by atoms with van der Waals surface area (Å²) in [5.74, 6) is 1.44. The van der Waals surface area contributed by atoms with Gasteiger partial charge in [-0.2, -0.15) is 0 Å². The maximum absolute atomic E-state index is 10.4. The minimum Gasteiger partial charge on any atom is -0.508 e. The minimum atomic E-state index is 0.250. The molecule has 1 saturated heterocycles. The maximum Gasteiger partial charge on any atom is 0.123 e. The van der Waals surface area contributed by atoms with E-state index in [1.54, 1.807) is 18.2 Å². The fourth-order valence-corrected chi connectivity index (χ4v) is 5.27. The zero-order chi connectivity index (χ0) is 24.7. The van der Waals surface area contributed by atoms with Gasteiger partial charge in [-0.3, -0.25) is 0 Å². The van der Waals surface area contributed by atoms with E-state index in [9.17, 15) is 10.2 Å². The standard InChI is InChI=1S/C32H35NO3/c34-26-14-12-24(13-15-26)28-18-19-30-29(8-5-9-32(30)35)31(28)22-23-10-16-27(17-11-23)36-21-4-2-7-25-6-1-3-20-33-25/h5,8-19,25,33-35H,1-4,6-7,20-22H2. The molecular formula is C32H35NO3. The summed E-state index contributed by atoms with van der Waals surface area (Å²) in [4.78, 5) is 0. The van der Waals surface area contributed by atoms with Crippen LogP contribution in [0.4, 0.5) is 0 Å². The first-order valence-corrected chi connectivity index (χ1v) is 13.2. The molecule has 0 spiro atoms. The number of aromatic hydroxyl groups is 2. The molecule has 0 bridgehead atoms. The second kappa shape index (κ2) is 11.5. The minimum absolute atomic E-state index is 0.250. The largest absolute Gasteiger partial charge is 0.508 e. The first-order valence-electron chi connectivity index (χ1n) is 13.2. The van der Waals surface area contributed by atoms with Gasteiger partial charge in [-0.05, 0) is 103 Å². The van der Waals surface area contributed by atoms with Gasteiger partial charge in [-0.1, -0.05) is 55.0 Å². The zero-order valence-corrected chi connectivity index (χ0v) is 20.7. The highest BCUT2D eigenvalue weighted by Gasteiger charge is 2.13. The number of hydrogen-bond donors (Lipinski definition) is 3. The van der Waals surface area contributed by atoms with Crippen LogP contribution in [0.3, 0.4) is 0 Å². The number of nitrogens with one attached hydrogen (secondary N) is 1. The van der Waals surface area contributed by atoms with Crippen molar-refractivity contribution in [1.29, 1.82) is 0 Å². The lowest BCUT2D eigenvalue weighted by Crippen LogP contribution is -2.33. The van der Waals surface area contributed by atoms with Gasteiger partial charge in [-0.25, -0.2) is 0 Å². The van der Waals surface area contributed by atoms with Gasteiger partial charge < -0.3 is 20.3 Å². The molecule has 36 heavy (non-hydrogen) atoms. The van der Waals surface area contributed by atoms with Gasteiger partial charge in [0, 0.05) is 11.4 Å². The van der Waals surface area contributed by atoms with Crippen LogP contribution in [0.2, 0.25) is 0 Å². The van der Waals surface area contributed by atoms with Crippen LogP contribution >= 0.6 is 0 Å². The van der Waals surface area contributed by atoms with Crippen molar-refractivity contribution < 1.29 is 14.9 Å². The fraction of sp³-hybridized carbons (Fsp3) is 0.312. The van der Waals surface area contributed by atoms with Crippen LogP contribution in [0, 0.1) is 0 Å². The highest BCUT2D eigenvalue weighted by Crippen LogP contribution is 2.36. The monoisotopic (exact) mass is 481 g/mol. The van der Waals surface area contributed by atoms with Crippen molar-refractivity contribution >= 4 is 10.8 Å². The molecule has 1 unspecified atom stereocenters. The van der Waals surface area contributed by atoms with Crippen molar-refractivity contribution in [2.75, 3.05) is 13.2 Å². The van der Waals surface area contributed by atoms with Crippen LogP contribution < -0.4 is 10.1 Å². The summed E-state index contributed by atoms with van der Waals surface area (Å²) in [7, 11) is 0. The number of piperidine rings is 1. The molecule has 3 N–H and O–H groups in total. The SMILES string of the molecule is Oc1ccc(-c2ccc3c(O)cccc3c2Cc2ccc(OCCCCC3CCCCN3)cc2)cc1. The molecule has 1 fully saturated rings. The van der Waals surface area contributed by atoms with Crippen molar-refractivity contribution in [2.24, 2.45) is 0 Å². The topological polar surface area (TPSA) is 61.7 Å². The van der Waals surface area contributed by atoms with Gasteiger partial charge in [0.25, 0.3) is 0 Å². The Morgan fingerprint density at radius 3 is 2.42 bits per heavy atom. The Kier molecular flexibility index (Phi) is 7.73. The fourth-order valence-electron chi connectivity index (χ4n) is 5.27.